The number of esters is 1. The predicted octanol–water partition coefficient (Wildman–Crippen LogP) is 2.31. The van der Waals surface area contributed by atoms with E-state index in [4.69, 9.17) is 9.15 Å². The number of furan rings is 1. The van der Waals surface area contributed by atoms with E-state index in [0.29, 0.717) is 17.0 Å². The largest absolute Gasteiger partial charge is 0.465 e. The summed E-state index contributed by atoms with van der Waals surface area (Å²) >= 11 is 4.90. The fourth-order valence-corrected chi connectivity index (χ4v) is 2.97. The summed E-state index contributed by atoms with van der Waals surface area (Å²) in [5.41, 5.74) is 0. The van der Waals surface area contributed by atoms with E-state index >= 15 is 0 Å². The molecule has 1 aliphatic heterocycles. The van der Waals surface area contributed by atoms with Crippen LogP contribution in [0.25, 0.3) is 0 Å². The fourth-order valence-electron chi connectivity index (χ4n) is 1.48. The molecule has 1 aromatic rings. The van der Waals surface area contributed by atoms with Crippen LogP contribution in [0.3, 0.4) is 0 Å². The molecule has 0 aromatic carbocycles. The quantitative estimate of drug-likeness (QED) is 0.869. The first-order valence-corrected chi connectivity index (χ1v) is 6.84. The Balaban J connectivity index is 1.95. The molecule has 2 atom stereocenters. The van der Waals surface area contributed by atoms with Gasteiger partial charge >= 0.3 is 5.97 Å². The summed E-state index contributed by atoms with van der Waals surface area (Å²) in [5.74, 6) is 1.34. The number of thioether (sulfide) groups is 1. The van der Waals surface area contributed by atoms with Gasteiger partial charge in [0.15, 0.2) is 4.67 Å². The van der Waals surface area contributed by atoms with Gasteiger partial charge < -0.3 is 9.15 Å². The van der Waals surface area contributed by atoms with Gasteiger partial charge in [0.1, 0.15) is 17.2 Å². The maximum Gasteiger partial charge on any atom is 0.324 e. The third kappa shape index (κ3) is 2.61. The molecule has 88 valence electrons. The highest BCUT2D eigenvalue weighted by molar-refractivity contribution is 9.10. The van der Waals surface area contributed by atoms with Crippen molar-refractivity contribution in [1.82, 2.24) is 5.32 Å². The SMILES string of the molecule is CCOC(=O)[C@@H]1CS[C@H](c2ccc(Br)o2)N1. The van der Waals surface area contributed by atoms with Crippen molar-refractivity contribution in [3.8, 4) is 0 Å². The molecule has 1 N–H and O–H groups in total. The van der Waals surface area contributed by atoms with Gasteiger partial charge in [-0.3, -0.25) is 10.1 Å². The van der Waals surface area contributed by atoms with Gasteiger partial charge in [-0.1, -0.05) is 0 Å². The predicted molar refractivity (Wildman–Crippen MR) is 65.2 cm³/mol. The molecule has 0 saturated carbocycles. The summed E-state index contributed by atoms with van der Waals surface area (Å²) in [5, 5.41) is 3.21. The molecule has 4 nitrogen and oxygen atoms in total. The Hall–Kier alpha value is -0.460. The van der Waals surface area contributed by atoms with Crippen LogP contribution in [0, 0.1) is 0 Å². The van der Waals surface area contributed by atoms with Crippen LogP contribution >= 0.6 is 27.7 Å². The second kappa shape index (κ2) is 5.25. The van der Waals surface area contributed by atoms with E-state index in [1.54, 1.807) is 18.7 Å². The highest BCUT2D eigenvalue weighted by Gasteiger charge is 2.32. The molecule has 1 fully saturated rings. The van der Waals surface area contributed by atoms with Crippen molar-refractivity contribution in [2.24, 2.45) is 0 Å². The van der Waals surface area contributed by atoms with E-state index in [0.717, 1.165) is 5.76 Å². The molecule has 16 heavy (non-hydrogen) atoms. The summed E-state index contributed by atoms with van der Waals surface area (Å²) in [7, 11) is 0. The van der Waals surface area contributed by atoms with Gasteiger partial charge in [0.2, 0.25) is 0 Å². The third-order valence-electron chi connectivity index (χ3n) is 2.21. The van der Waals surface area contributed by atoms with Crippen LogP contribution in [0.15, 0.2) is 21.2 Å². The maximum atomic E-state index is 11.5. The molecular weight excluding hydrogens is 294 g/mol. The Morgan fingerprint density at radius 2 is 2.56 bits per heavy atom. The van der Waals surface area contributed by atoms with Crippen molar-refractivity contribution < 1.29 is 13.9 Å². The molecule has 0 radical (unpaired) electrons. The normalized spacial score (nSPS) is 24.6. The molecule has 0 spiro atoms. The van der Waals surface area contributed by atoms with Crippen molar-refractivity contribution in [1.29, 1.82) is 0 Å². The Labute approximate surface area is 106 Å². The zero-order valence-electron chi connectivity index (χ0n) is 8.73. The lowest BCUT2D eigenvalue weighted by Crippen LogP contribution is -2.35. The molecule has 6 heteroatoms. The molecule has 2 rings (SSSR count). The molecule has 1 aromatic heterocycles. The number of hydrogen-bond donors (Lipinski definition) is 1. The second-order valence-electron chi connectivity index (χ2n) is 3.33. The zero-order chi connectivity index (χ0) is 11.5. The number of carbonyl (C=O) groups excluding carboxylic acids is 1. The number of carbonyl (C=O) groups is 1. The first-order chi connectivity index (χ1) is 7.70. The lowest BCUT2D eigenvalue weighted by Gasteiger charge is -2.10. The summed E-state index contributed by atoms with van der Waals surface area (Å²) in [6.45, 7) is 2.22. The first kappa shape index (κ1) is 12.0. The molecule has 1 saturated heterocycles. The maximum absolute atomic E-state index is 11.5. The van der Waals surface area contributed by atoms with E-state index in [2.05, 4.69) is 21.2 Å². The number of halogens is 1. The van der Waals surface area contributed by atoms with Gasteiger partial charge in [0.05, 0.1) is 6.61 Å². The highest BCUT2D eigenvalue weighted by Crippen LogP contribution is 2.34. The van der Waals surface area contributed by atoms with Crippen LogP contribution in [-0.4, -0.2) is 24.4 Å². The van der Waals surface area contributed by atoms with Gasteiger partial charge in [0, 0.05) is 5.75 Å². The van der Waals surface area contributed by atoms with E-state index in [9.17, 15) is 4.79 Å². The molecule has 1 aliphatic rings. The Morgan fingerprint density at radius 3 is 3.19 bits per heavy atom. The van der Waals surface area contributed by atoms with Crippen molar-refractivity contribution in [2.75, 3.05) is 12.4 Å². The van der Waals surface area contributed by atoms with Crippen molar-refractivity contribution in [2.45, 2.75) is 18.3 Å². The van der Waals surface area contributed by atoms with E-state index in [1.807, 2.05) is 12.1 Å². The van der Waals surface area contributed by atoms with Crippen LogP contribution in [0.1, 0.15) is 18.1 Å². The molecular formula is C10H12BrNO3S. The van der Waals surface area contributed by atoms with Gasteiger partial charge in [-0.05, 0) is 35.0 Å². The molecule has 0 aliphatic carbocycles. The highest BCUT2D eigenvalue weighted by atomic mass is 79.9. The Morgan fingerprint density at radius 1 is 1.75 bits per heavy atom. The van der Waals surface area contributed by atoms with Crippen LogP contribution < -0.4 is 5.32 Å². The molecule has 2 heterocycles. The number of rotatable bonds is 3. The Kier molecular flexibility index (Phi) is 3.94. The van der Waals surface area contributed by atoms with Gasteiger partial charge in [-0.2, -0.15) is 0 Å². The zero-order valence-corrected chi connectivity index (χ0v) is 11.1. The summed E-state index contributed by atoms with van der Waals surface area (Å²) < 4.78 is 11.1. The summed E-state index contributed by atoms with van der Waals surface area (Å²) in [6.07, 6.45) is 0. The van der Waals surface area contributed by atoms with E-state index in [-0.39, 0.29) is 17.4 Å². The van der Waals surface area contributed by atoms with Gasteiger partial charge in [0.25, 0.3) is 0 Å². The molecule has 0 bridgehead atoms. The molecule has 0 unspecified atom stereocenters. The topological polar surface area (TPSA) is 51.5 Å². The van der Waals surface area contributed by atoms with Crippen LogP contribution in [0.5, 0.6) is 0 Å². The Bertz CT molecular complexity index is 382. The number of nitrogens with one attached hydrogen (secondary N) is 1. The smallest absolute Gasteiger partial charge is 0.324 e. The minimum absolute atomic E-state index is 0.0284. The monoisotopic (exact) mass is 305 g/mol. The number of ether oxygens (including phenoxy) is 1. The van der Waals surface area contributed by atoms with Crippen molar-refractivity contribution >= 4 is 33.7 Å². The van der Waals surface area contributed by atoms with Crippen LogP contribution in [0.2, 0.25) is 0 Å². The fraction of sp³-hybridized carbons (Fsp3) is 0.500. The van der Waals surface area contributed by atoms with E-state index in [1.165, 1.54) is 0 Å². The van der Waals surface area contributed by atoms with E-state index < -0.39 is 0 Å². The minimum Gasteiger partial charge on any atom is -0.465 e. The average Bonchev–Trinajstić information content (AvgIpc) is 2.85. The lowest BCUT2D eigenvalue weighted by atomic mass is 10.3. The molecule has 0 amide bonds. The van der Waals surface area contributed by atoms with Gasteiger partial charge in [-0.15, -0.1) is 11.8 Å². The second-order valence-corrected chi connectivity index (χ2v) is 5.25. The van der Waals surface area contributed by atoms with Crippen molar-refractivity contribution in [3.63, 3.8) is 0 Å². The average molecular weight is 306 g/mol. The summed E-state index contributed by atoms with van der Waals surface area (Å²) in [4.78, 5) is 11.5. The van der Waals surface area contributed by atoms with Crippen molar-refractivity contribution in [3.05, 3.63) is 22.6 Å². The first-order valence-electron chi connectivity index (χ1n) is 5.00. The minimum atomic E-state index is -0.237. The lowest BCUT2D eigenvalue weighted by molar-refractivity contribution is -0.144. The standard InChI is InChI=1S/C10H12BrNO3S/c1-2-14-10(13)6-5-16-9(12-6)7-3-4-8(11)15-7/h3-4,6,9,12H,2,5H2,1H3/t6-,9+/m0/s1. The number of hydrogen-bond acceptors (Lipinski definition) is 5. The third-order valence-corrected chi connectivity index (χ3v) is 3.86. The van der Waals surface area contributed by atoms with Gasteiger partial charge in [-0.25, -0.2) is 0 Å². The summed E-state index contributed by atoms with van der Waals surface area (Å²) in [6, 6.07) is 3.50. The van der Waals surface area contributed by atoms with Crippen LogP contribution in [0.4, 0.5) is 0 Å². The van der Waals surface area contributed by atoms with Crippen LogP contribution in [-0.2, 0) is 9.53 Å².